The molecule has 0 saturated carbocycles. The molecule has 2 amide bonds. The van der Waals surface area contributed by atoms with E-state index >= 15 is 0 Å². The van der Waals surface area contributed by atoms with Gasteiger partial charge in [-0.2, -0.15) is 0 Å². The van der Waals surface area contributed by atoms with Crippen LogP contribution in [-0.2, 0) is 9.53 Å². The van der Waals surface area contributed by atoms with E-state index in [4.69, 9.17) is 4.74 Å². The zero-order valence-corrected chi connectivity index (χ0v) is 15.4. The molecule has 22 heavy (non-hydrogen) atoms. The summed E-state index contributed by atoms with van der Waals surface area (Å²) in [4.78, 5) is 24.4. The first kappa shape index (κ1) is 20.7. The van der Waals surface area contributed by atoms with Gasteiger partial charge in [-0.05, 0) is 39.0 Å². The minimum atomic E-state index is -0.590. The maximum Gasteiger partial charge on any atom is 0.408 e. The van der Waals surface area contributed by atoms with Gasteiger partial charge in [0.1, 0.15) is 11.6 Å². The molecule has 0 aromatic rings. The molecule has 0 radical (unpaired) electrons. The maximum absolute atomic E-state index is 12.5. The van der Waals surface area contributed by atoms with Gasteiger partial charge in [-0.25, -0.2) is 4.79 Å². The van der Waals surface area contributed by atoms with Crippen LogP contribution in [0.4, 0.5) is 4.79 Å². The predicted octanol–water partition coefficient (Wildman–Crippen LogP) is 3.48. The van der Waals surface area contributed by atoms with E-state index in [-0.39, 0.29) is 17.9 Å². The number of amides is 2. The molecule has 0 aliphatic carbocycles. The monoisotopic (exact) mass is 314 g/mol. The summed E-state index contributed by atoms with van der Waals surface area (Å²) in [5.74, 6) is 0.202. The Balaban J connectivity index is 4.80. The second kappa shape index (κ2) is 9.01. The Morgan fingerprint density at radius 2 is 1.55 bits per heavy atom. The molecular weight excluding hydrogens is 280 g/mol. The molecule has 5 heteroatoms. The predicted molar refractivity (Wildman–Crippen MR) is 89.7 cm³/mol. The standard InChI is InChI=1S/C17H34N2O3/c1-9-10-13(11(2)3)18-15(20)14(12(4)5)19-16(21)22-17(6,7)8/h11-14H,9-10H2,1-8H3,(H,18,20)(H,19,21)/t13-,14+/m1/s1. The van der Waals surface area contributed by atoms with Gasteiger partial charge < -0.3 is 15.4 Å². The average Bonchev–Trinajstić information content (AvgIpc) is 2.32. The van der Waals surface area contributed by atoms with Crippen LogP contribution in [0.1, 0.15) is 68.2 Å². The number of hydrogen-bond acceptors (Lipinski definition) is 3. The zero-order chi connectivity index (χ0) is 17.5. The fraction of sp³-hybridized carbons (Fsp3) is 0.882. The van der Waals surface area contributed by atoms with Crippen molar-refractivity contribution in [2.45, 2.75) is 85.9 Å². The van der Waals surface area contributed by atoms with Gasteiger partial charge in [-0.1, -0.05) is 41.0 Å². The smallest absolute Gasteiger partial charge is 0.408 e. The van der Waals surface area contributed by atoms with Gasteiger partial charge in [0, 0.05) is 6.04 Å². The Morgan fingerprint density at radius 3 is 1.91 bits per heavy atom. The lowest BCUT2D eigenvalue weighted by molar-refractivity contribution is -0.125. The molecule has 130 valence electrons. The van der Waals surface area contributed by atoms with Crippen LogP contribution < -0.4 is 10.6 Å². The molecule has 0 fully saturated rings. The largest absolute Gasteiger partial charge is 0.444 e. The Morgan fingerprint density at radius 1 is 1.00 bits per heavy atom. The van der Waals surface area contributed by atoms with Crippen LogP contribution in [0.2, 0.25) is 0 Å². The topological polar surface area (TPSA) is 67.4 Å². The Hall–Kier alpha value is -1.26. The molecule has 0 aliphatic rings. The van der Waals surface area contributed by atoms with Gasteiger partial charge in [0.05, 0.1) is 0 Å². The van der Waals surface area contributed by atoms with Crippen molar-refractivity contribution >= 4 is 12.0 Å². The van der Waals surface area contributed by atoms with Crippen LogP contribution in [0.5, 0.6) is 0 Å². The molecule has 0 heterocycles. The first-order chi connectivity index (χ1) is 9.97. The summed E-state index contributed by atoms with van der Waals surface area (Å²) in [5, 5.41) is 5.74. The fourth-order valence-electron chi connectivity index (χ4n) is 2.13. The third-order valence-electron chi connectivity index (χ3n) is 3.35. The second-order valence-corrected chi connectivity index (χ2v) is 7.52. The number of hydrogen-bond donors (Lipinski definition) is 2. The first-order valence-corrected chi connectivity index (χ1v) is 8.27. The highest BCUT2D eigenvalue weighted by molar-refractivity contribution is 5.86. The highest BCUT2D eigenvalue weighted by Gasteiger charge is 2.28. The summed E-state index contributed by atoms with van der Waals surface area (Å²) in [6.07, 6.45) is 1.38. The normalized spacial score (nSPS) is 14.6. The molecule has 5 nitrogen and oxygen atoms in total. The summed E-state index contributed by atoms with van der Waals surface area (Å²) in [6, 6.07) is -0.466. The van der Waals surface area contributed by atoms with Gasteiger partial charge in [-0.15, -0.1) is 0 Å². The Labute approximate surface area is 135 Å². The van der Waals surface area contributed by atoms with Crippen LogP contribution in [0.3, 0.4) is 0 Å². The third kappa shape index (κ3) is 8.25. The van der Waals surface area contributed by atoms with E-state index in [0.29, 0.717) is 5.92 Å². The molecule has 0 aliphatic heterocycles. The van der Waals surface area contributed by atoms with Crippen molar-refractivity contribution in [1.29, 1.82) is 0 Å². The summed E-state index contributed by atoms with van der Waals surface area (Å²) in [6.45, 7) is 15.5. The number of alkyl carbamates (subject to hydrolysis) is 1. The van der Waals surface area contributed by atoms with Crippen molar-refractivity contribution in [3.63, 3.8) is 0 Å². The third-order valence-corrected chi connectivity index (χ3v) is 3.35. The van der Waals surface area contributed by atoms with Crippen LogP contribution in [0.25, 0.3) is 0 Å². The van der Waals surface area contributed by atoms with Gasteiger partial charge in [0.2, 0.25) is 5.91 Å². The lowest BCUT2D eigenvalue weighted by atomic mass is 9.97. The van der Waals surface area contributed by atoms with Gasteiger partial charge in [-0.3, -0.25) is 4.79 Å². The van der Waals surface area contributed by atoms with Crippen molar-refractivity contribution in [2.75, 3.05) is 0 Å². The average molecular weight is 314 g/mol. The Bertz CT molecular complexity index is 359. The number of carbonyl (C=O) groups excluding carboxylic acids is 2. The number of nitrogens with one attached hydrogen (secondary N) is 2. The van der Waals surface area contributed by atoms with E-state index < -0.39 is 17.7 Å². The maximum atomic E-state index is 12.5. The molecule has 0 saturated heterocycles. The van der Waals surface area contributed by atoms with Crippen LogP contribution >= 0.6 is 0 Å². The van der Waals surface area contributed by atoms with Gasteiger partial charge >= 0.3 is 6.09 Å². The number of rotatable bonds is 7. The van der Waals surface area contributed by atoms with Crippen molar-refractivity contribution in [3.8, 4) is 0 Å². The van der Waals surface area contributed by atoms with Crippen molar-refractivity contribution < 1.29 is 14.3 Å². The number of carbonyl (C=O) groups is 2. The lowest BCUT2D eigenvalue weighted by Crippen LogP contribution is -2.53. The number of ether oxygens (including phenoxy) is 1. The Kier molecular flexibility index (Phi) is 8.49. The van der Waals surface area contributed by atoms with E-state index in [0.717, 1.165) is 12.8 Å². The quantitative estimate of drug-likeness (QED) is 0.756. The van der Waals surface area contributed by atoms with Crippen molar-refractivity contribution in [2.24, 2.45) is 11.8 Å². The van der Waals surface area contributed by atoms with Gasteiger partial charge in [0.25, 0.3) is 0 Å². The molecular formula is C17H34N2O3. The molecule has 0 spiro atoms. The SMILES string of the molecule is CCC[C@@H](NC(=O)[C@@H](NC(=O)OC(C)(C)C)C(C)C)C(C)C. The van der Waals surface area contributed by atoms with Crippen LogP contribution in [0, 0.1) is 11.8 Å². The van der Waals surface area contributed by atoms with Crippen LogP contribution in [-0.4, -0.2) is 29.7 Å². The van der Waals surface area contributed by atoms with Crippen LogP contribution in [0.15, 0.2) is 0 Å². The van der Waals surface area contributed by atoms with E-state index in [1.165, 1.54) is 0 Å². The molecule has 0 aromatic heterocycles. The zero-order valence-electron chi connectivity index (χ0n) is 15.4. The molecule has 0 unspecified atom stereocenters. The molecule has 2 atom stereocenters. The molecule has 0 rings (SSSR count). The summed E-state index contributed by atoms with van der Waals surface area (Å²) in [5.41, 5.74) is -0.579. The highest BCUT2D eigenvalue weighted by Crippen LogP contribution is 2.12. The minimum absolute atomic E-state index is 0.0121. The second-order valence-electron chi connectivity index (χ2n) is 7.52. The minimum Gasteiger partial charge on any atom is -0.444 e. The van der Waals surface area contributed by atoms with Gasteiger partial charge in [0.15, 0.2) is 0 Å². The first-order valence-electron chi connectivity index (χ1n) is 8.27. The summed E-state index contributed by atoms with van der Waals surface area (Å²) >= 11 is 0. The fourth-order valence-corrected chi connectivity index (χ4v) is 2.13. The lowest BCUT2D eigenvalue weighted by Gasteiger charge is -2.28. The van der Waals surface area contributed by atoms with E-state index in [9.17, 15) is 9.59 Å². The van der Waals surface area contributed by atoms with Crippen molar-refractivity contribution in [1.82, 2.24) is 10.6 Å². The molecule has 0 bridgehead atoms. The van der Waals surface area contributed by atoms with E-state index in [1.54, 1.807) is 20.8 Å². The van der Waals surface area contributed by atoms with E-state index in [2.05, 4.69) is 31.4 Å². The summed E-state index contributed by atoms with van der Waals surface area (Å²) in [7, 11) is 0. The molecule has 0 aromatic carbocycles. The van der Waals surface area contributed by atoms with Crippen molar-refractivity contribution in [3.05, 3.63) is 0 Å². The molecule has 2 N–H and O–H groups in total. The highest BCUT2D eigenvalue weighted by atomic mass is 16.6. The van der Waals surface area contributed by atoms with E-state index in [1.807, 2.05) is 13.8 Å². The summed E-state index contributed by atoms with van der Waals surface area (Å²) < 4.78 is 5.24.